The highest BCUT2D eigenvalue weighted by atomic mass is 32.2. The van der Waals surface area contributed by atoms with E-state index in [4.69, 9.17) is 0 Å². The van der Waals surface area contributed by atoms with Crippen molar-refractivity contribution in [1.29, 1.82) is 0 Å². The zero-order valence-electron chi connectivity index (χ0n) is 13.4. The van der Waals surface area contributed by atoms with E-state index in [0.717, 1.165) is 11.1 Å². The average Bonchev–Trinajstić information content (AvgIpc) is 2.79. The Morgan fingerprint density at radius 2 is 2.00 bits per heavy atom. The third kappa shape index (κ3) is 5.06. The molecule has 2 amide bonds. The van der Waals surface area contributed by atoms with Crippen LogP contribution in [0.4, 0.5) is 0 Å². The van der Waals surface area contributed by atoms with Gasteiger partial charge in [0.1, 0.15) is 0 Å². The van der Waals surface area contributed by atoms with E-state index in [-0.39, 0.29) is 35.9 Å². The van der Waals surface area contributed by atoms with Gasteiger partial charge in [-0.2, -0.15) is 0 Å². The number of nitrogens with zero attached hydrogens (tertiary/aromatic N) is 1. The minimum atomic E-state index is -3.04. The van der Waals surface area contributed by atoms with Gasteiger partial charge in [0, 0.05) is 19.5 Å². The van der Waals surface area contributed by atoms with Gasteiger partial charge in [-0.05, 0) is 24.5 Å². The van der Waals surface area contributed by atoms with Crippen LogP contribution in [0.1, 0.15) is 24.5 Å². The molecule has 1 aromatic rings. The van der Waals surface area contributed by atoms with Crippen molar-refractivity contribution in [2.24, 2.45) is 0 Å². The maximum absolute atomic E-state index is 12.1. The van der Waals surface area contributed by atoms with Crippen molar-refractivity contribution in [2.75, 3.05) is 18.1 Å². The van der Waals surface area contributed by atoms with Crippen LogP contribution in [0.25, 0.3) is 0 Å². The number of rotatable bonds is 5. The number of carbonyl (C=O) groups excluding carboxylic acids is 2. The molecule has 0 bridgehead atoms. The van der Waals surface area contributed by atoms with Crippen LogP contribution in [-0.2, 0) is 26.0 Å². The first-order valence-corrected chi connectivity index (χ1v) is 9.39. The third-order valence-electron chi connectivity index (χ3n) is 4.00. The summed E-state index contributed by atoms with van der Waals surface area (Å²) in [7, 11) is -3.04. The summed E-state index contributed by atoms with van der Waals surface area (Å²) >= 11 is 0. The molecule has 1 aliphatic heterocycles. The second-order valence-electron chi connectivity index (χ2n) is 5.97. The highest BCUT2D eigenvalue weighted by Gasteiger charge is 2.29. The van der Waals surface area contributed by atoms with E-state index in [1.54, 1.807) is 0 Å². The van der Waals surface area contributed by atoms with Crippen molar-refractivity contribution in [1.82, 2.24) is 10.2 Å². The van der Waals surface area contributed by atoms with Crippen molar-refractivity contribution < 1.29 is 18.0 Å². The minimum Gasteiger partial charge on any atom is -0.351 e. The highest BCUT2D eigenvalue weighted by Crippen LogP contribution is 2.12. The Kier molecular flexibility index (Phi) is 5.41. The van der Waals surface area contributed by atoms with E-state index in [1.165, 1.54) is 11.8 Å². The predicted molar refractivity (Wildman–Crippen MR) is 87.5 cm³/mol. The molecule has 1 fully saturated rings. The largest absolute Gasteiger partial charge is 0.351 e. The van der Waals surface area contributed by atoms with Crippen molar-refractivity contribution in [3.63, 3.8) is 0 Å². The number of amides is 2. The predicted octanol–water partition coefficient (Wildman–Crippen LogP) is 0.647. The normalized spacial score (nSPS) is 19.3. The van der Waals surface area contributed by atoms with E-state index in [9.17, 15) is 18.0 Å². The molecule has 0 spiro atoms. The molecule has 0 radical (unpaired) electrons. The van der Waals surface area contributed by atoms with Crippen LogP contribution in [0, 0.1) is 6.92 Å². The summed E-state index contributed by atoms with van der Waals surface area (Å²) in [5, 5.41) is 2.71. The van der Waals surface area contributed by atoms with E-state index >= 15 is 0 Å². The Labute approximate surface area is 136 Å². The van der Waals surface area contributed by atoms with E-state index in [0.29, 0.717) is 13.0 Å². The number of benzene rings is 1. The summed E-state index contributed by atoms with van der Waals surface area (Å²) in [4.78, 5) is 25.3. The maximum atomic E-state index is 12.1. The first kappa shape index (κ1) is 17.5. The number of hydrogen-bond acceptors (Lipinski definition) is 4. The summed E-state index contributed by atoms with van der Waals surface area (Å²) in [6.07, 6.45) is 0.436. The smallest absolute Gasteiger partial charge is 0.239 e. The molecule has 7 heteroatoms. The average molecular weight is 338 g/mol. The van der Waals surface area contributed by atoms with E-state index in [1.807, 2.05) is 31.2 Å². The molecule has 0 saturated carbocycles. The Bertz CT molecular complexity index is 700. The first-order valence-electron chi connectivity index (χ1n) is 7.56. The van der Waals surface area contributed by atoms with Crippen molar-refractivity contribution in [3.8, 4) is 0 Å². The summed E-state index contributed by atoms with van der Waals surface area (Å²) in [5.74, 6) is -0.424. The molecule has 1 aliphatic rings. The standard InChI is InChI=1S/C16H22N2O4S/c1-12-5-3-4-6-14(12)9-18(13(2)19)10-16(20)17-15-7-8-23(21,22)11-15/h3-6,15H,7-11H2,1-2H3,(H,17,20). The van der Waals surface area contributed by atoms with Crippen LogP contribution in [0.3, 0.4) is 0 Å². The lowest BCUT2D eigenvalue weighted by atomic mass is 10.1. The first-order chi connectivity index (χ1) is 10.8. The molecular formula is C16H22N2O4S. The van der Waals surface area contributed by atoms with Crippen LogP contribution >= 0.6 is 0 Å². The zero-order chi connectivity index (χ0) is 17.0. The lowest BCUT2D eigenvalue weighted by Gasteiger charge is -2.22. The third-order valence-corrected chi connectivity index (χ3v) is 5.77. The van der Waals surface area contributed by atoms with Crippen molar-refractivity contribution >= 4 is 21.7 Å². The number of nitrogens with one attached hydrogen (secondary N) is 1. The molecule has 23 heavy (non-hydrogen) atoms. The molecule has 0 aromatic heterocycles. The molecule has 126 valence electrons. The molecule has 1 saturated heterocycles. The molecule has 1 heterocycles. The quantitative estimate of drug-likeness (QED) is 0.854. The van der Waals surface area contributed by atoms with Crippen LogP contribution in [-0.4, -0.2) is 49.2 Å². The second kappa shape index (κ2) is 7.12. The van der Waals surface area contributed by atoms with Crippen LogP contribution in [0.5, 0.6) is 0 Å². The molecule has 1 aromatic carbocycles. The van der Waals surface area contributed by atoms with Crippen LogP contribution in [0.2, 0.25) is 0 Å². The molecule has 1 unspecified atom stereocenters. The monoisotopic (exact) mass is 338 g/mol. The molecule has 2 rings (SSSR count). The SMILES string of the molecule is CC(=O)N(CC(=O)NC1CCS(=O)(=O)C1)Cc1ccccc1C. The lowest BCUT2D eigenvalue weighted by molar-refractivity contribution is -0.135. The number of carbonyl (C=O) groups is 2. The molecule has 1 N–H and O–H groups in total. The topological polar surface area (TPSA) is 83.6 Å². The van der Waals surface area contributed by atoms with E-state index < -0.39 is 9.84 Å². The number of sulfone groups is 1. The van der Waals surface area contributed by atoms with Gasteiger partial charge in [0.15, 0.2) is 9.84 Å². The summed E-state index contributed by atoms with van der Waals surface area (Å²) in [5.41, 5.74) is 2.04. The molecule has 1 atom stereocenters. The van der Waals surface area contributed by atoms with Gasteiger partial charge in [-0.15, -0.1) is 0 Å². The highest BCUT2D eigenvalue weighted by molar-refractivity contribution is 7.91. The van der Waals surface area contributed by atoms with Gasteiger partial charge < -0.3 is 10.2 Å². The van der Waals surface area contributed by atoms with Gasteiger partial charge in [0.2, 0.25) is 11.8 Å². The van der Waals surface area contributed by atoms with Gasteiger partial charge in [0.05, 0.1) is 18.1 Å². The zero-order valence-corrected chi connectivity index (χ0v) is 14.2. The molecule has 6 nitrogen and oxygen atoms in total. The Hall–Kier alpha value is -1.89. The Morgan fingerprint density at radius 3 is 2.57 bits per heavy atom. The van der Waals surface area contributed by atoms with Gasteiger partial charge in [-0.3, -0.25) is 9.59 Å². The van der Waals surface area contributed by atoms with Gasteiger partial charge in [-0.25, -0.2) is 8.42 Å². The Balaban J connectivity index is 1.95. The van der Waals surface area contributed by atoms with Gasteiger partial charge in [-0.1, -0.05) is 24.3 Å². The molecule has 0 aliphatic carbocycles. The number of aryl methyl sites for hydroxylation is 1. The Morgan fingerprint density at radius 1 is 1.30 bits per heavy atom. The van der Waals surface area contributed by atoms with Crippen LogP contribution < -0.4 is 5.32 Å². The van der Waals surface area contributed by atoms with Crippen molar-refractivity contribution in [3.05, 3.63) is 35.4 Å². The molecular weight excluding hydrogens is 316 g/mol. The van der Waals surface area contributed by atoms with Gasteiger partial charge in [0.25, 0.3) is 0 Å². The van der Waals surface area contributed by atoms with E-state index in [2.05, 4.69) is 5.32 Å². The fraction of sp³-hybridized carbons (Fsp3) is 0.500. The number of hydrogen-bond donors (Lipinski definition) is 1. The fourth-order valence-corrected chi connectivity index (χ4v) is 4.30. The lowest BCUT2D eigenvalue weighted by Crippen LogP contribution is -2.43. The minimum absolute atomic E-state index is 0.0173. The van der Waals surface area contributed by atoms with Crippen LogP contribution in [0.15, 0.2) is 24.3 Å². The second-order valence-corrected chi connectivity index (χ2v) is 8.20. The fourth-order valence-electron chi connectivity index (χ4n) is 2.63. The van der Waals surface area contributed by atoms with Gasteiger partial charge >= 0.3 is 0 Å². The maximum Gasteiger partial charge on any atom is 0.239 e. The summed E-state index contributed by atoms with van der Waals surface area (Å²) in [6.45, 7) is 3.67. The summed E-state index contributed by atoms with van der Waals surface area (Å²) < 4.78 is 22.8. The van der Waals surface area contributed by atoms with Crippen molar-refractivity contribution in [2.45, 2.75) is 32.9 Å². The summed E-state index contributed by atoms with van der Waals surface area (Å²) in [6, 6.07) is 7.35.